The van der Waals surface area contributed by atoms with Crippen molar-refractivity contribution in [3.05, 3.63) is 77.5 Å². The van der Waals surface area contributed by atoms with E-state index in [1.54, 1.807) is 18.5 Å². The minimum Gasteiger partial charge on any atom is -0.350 e. The van der Waals surface area contributed by atoms with Crippen LogP contribution in [0.1, 0.15) is 50.7 Å². The molecule has 2 N–H and O–H groups in total. The minimum absolute atomic E-state index is 0.0151. The zero-order valence-electron chi connectivity index (χ0n) is 18.7. The second kappa shape index (κ2) is 8.83. The predicted octanol–water partition coefficient (Wildman–Crippen LogP) is 3.44. The molecule has 0 aliphatic carbocycles. The Balaban J connectivity index is 1.41. The molecule has 0 bridgehead atoms. The SMILES string of the molecule is Cn1cc(C2CCCN(C(=O)c3cn[nH]c3)C2)c2cc(NC(=O)c3cc(C#N)ccn3)ccc21. The maximum absolute atomic E-state index is 12.8. The standard InChI is InChI=1S/C25H23N7O2/c1-31-15-21(17-3-2-8-32(14-17)25(34)18-12-28-29-13-18)20-10-19(4-5-23(20)31)30-24(33)22-9-16(11-26)6-7-27-22/h4-7,9-10,12-13,15,17H,2-3,8,14H2,1H3,(H,28,29)(H,30,33). The molecule has 5 rings (SSSR count). The van der Waals surface area contributed by atoms with Gasteiger partial charge in [-0.05, 0) is 48.7 Å². The van der Waals surface area contributed by atoms with E-state index in [9.17, 15) is 9.59 Å². The summed E-state index contributed by atoms with van der Waals surface area (Å²) in [5, 5.41) is 19.6. The first kappa shape index (κ1) is 21.4. The van der Waals surface area contributed by atoms with Crippen molar-refractivity contribution in [3.8, 4) is 6.07 Å². The molecule has 3 aromatic heterocycles. The lowest BCUT2D eigenvalue weighted by atomic mass is 9.90. The summed E-state index contributed by atoms with van der Waals surface area (Å²) < 4.78 is 2.07. The molecule has 1 unspecified atom stereocenters. The van der Waals surface area contributed by atoms with Crippen LogP contribution in [0, 0.1) is 11.3 Å². The lowest BCUT2D eigenvalue weighted by molar-refractivity contribution is 0.0707. The van der Waals surface area contributed by atoms with E-state index in [2.05, 4.69) is 31.3 Å². The van der Waals surface area contributed by atoms with Gasteiger partial charge < -0.3 is 14.8 Å². The molecule has 9 nitrogen and oxygen atoms in total. The van der Waals surface area contributed by atoms with Crippen LogP contribution in [0.15, 0.2) is 55.1 Å². The minimum atomic E-state index is -0.372. The van der Waals surface area contributed by atoms with E-state index in [-0.39, 0.29) is 23.4 Å². The third-order valence-corrected chi connectivity index (χ3v) is 6.29. The first-order valence-electron chi connectivity index (χ1n) is 11.1. The quantitative estimate of drug-likeness (QED) is 0.490. The average molecular weight is 454 g/mol. The van der Waals surface area contributed by atoms with E-state index in [1.807, 2.05) is 36.2 Å². The molecule has 170 valence electrons. The molecule has 1 aliphatic heterocycles. The number of pyridine rings is 1. The molecule has 4 aromatic rings. The zero-order valence-corrected chi connectivity index (χ0v) is 18.7. The molecule has 4 heterocycles. The van der Waals surface area contributed by atoms with Crippen molar-refractivity contribution in [3.63, 3.8) is 0 Å². The first-order valence-corrected chi connectivity index (χ1v) is 11.1. The lowest BCUT2D eigenvalue weighted by Gasteiger charge is -2.32. The molecule has 2 amide bonds. The number of H-pyrrole nitrogens is 1. The fourth-order valence-corrected chi connectivity index (χ4v) is 4.61. The fourth-order valence-electron chi connectivity index (χ4n) is 4.61. The van der Waals surface area contributed by atoms with Gasteiger partial charge in [0.25, 0.3) is 11.8 Å². The van der Waals surface area contributed by atoms with Crippen molar-refractivity contribution < 1.29 is 9.59 Å². The number of benzene rings is 1. The highest BCUT2D eigenvalue weighted by Gasteiger charge is 2.28. The maximum atomic E-state index is 12.8. The van der Waals surface area contributed by atoms with E-state index in [4.69, 9.17) is 5.26 Å². The summed E-state index contributed by atoms with van der Waals surface area (Å²) in [7, 11) is 2.00. The van der Waals surface area contributed by atoms with Crippen molar-refractivity contribution in [1.82, 2.24) is 24.6 Å². The Morgan fingerprint density at radius 3 is 2.94 bits per heavy atom. The van der Waals surface area contributed by atoms with Crippen LogP contribution in [0.25, 0.3) is 10.9 Å². The van der Waals surface area contributed by atoms with Crippen LogP contribution in [-0.4, -0.2) is 49.6 Å². The van der Waals surface area contributed by atoms with Crippen molar-refractivity contribution >= 4 is 28.4 Å². The summed E-state index contributed by atoms with van der Waals surface area (Å²) >= 11 is 0. The molecule has 0 radical (unpaired) electrons. The summed E-state index contributed by atoms with van der Waals surface area (Å²) in [6.07, 6.45) is 8.65. The summed E-state index contributed by atoms with van der Waals surface area (Å²) in [5.74, 6) is -0.199. The second-order valence-electron chi connectivity index (χ2n) is 8.50. The second-order valence-corrected chi connectivity index (χ2v) is 8.50. The van der Waals surface area contributed by atoms with Gasteiger partial charge in [0.15, 0.2) is 0 Å². The highest BCUT2D eigenvalue weighted by atomic mass is 16.2. The van der Waals surface area contributed by atoms with E-state index >= 15 is 0 Å². The smallest absolute Gasteiger partial charge is 0.274 e. The van der Waals surface area contributed by atoms with E-state index in [0.29, 0.717) is 23.4 Å². The molecular weight excluding hydrogens is 430 g/mol. The van der Waals surface area contributed by atoms with Gasteiger partial charge in [-0.3, -0.25) is 19.7 Å². The molecule has 1 fully saturated rings. The number of nitriles is 1. The van der Waals surface area contributed by atoms with Crippen molar-refractivity contribution in [1.29, 1.82) is 5.26 Å². The Kier molecular flexibility index (Phi) is 5.55. The molecule has 0 spiro atoms. The number of carbonyl (C=O) groups excluding carboxylic acids is 2. The molecule has 0 saturated carbocycles. The number of aromatic nitrogens is 4. The average Bonchev–Trinajstić information content (AvgIpc) is 3.52. The third-order valence-electron chi connectivity index (χ3n) is 6.29. The molecular formula is C25H23N7O2. The molecule has 1 aliphatic rings. The number of amides is 2. The lowest BCUT2D eigenvalue weighted by Crippen LogP contribution is -2.38. The van der Waals surface area contributed by atoms with Gasteiger partial charge in [0.1, 0.15) is 5.69 Å². The number of rotatable bonds is 4. The van der Waals surface area contributed by atoms with Gasteiger partial charge in [0.05, 0.1) is 23.4 Å². The van der Waals surface area contributed by atoms with Crippen LogP contribution in [0.3, 0.4) is 0 Å². The zero-order chi connectivity index (χ0) is 23.7. The predicted molar refractivity (Wildman–Crippen MR) is 126 cm³/mol. The number of anilines is 1. The number of nitrogens with zero attached hydrogens (tertiary/aromatic N) is 5. The largest absolute Gasteiger partial charge is 0.350 e. The fraction of sp³-hybridized carbons (Fsp3) is 0.240. The van der Waals surface area contributed by atoms with Gasteiger partial charge in [0.2, 0.25) is 0 Å². The number of aryl methyl sites for hydroxylation is 1. The number of carbonyl (C=O) groups is 2. The number of fused-ring (bicyclic) bond motifs is 1. The Bertz CT molecular complexity index is 1420. The highest BCUT2D eigenvalue weighted by molar-refractivity contribution is 6.04. The highest BCUT2D eigenvalue weighted by Crippen LogP contribution is 2.35. The van der Waals surface area contributed by atoms with Crippen LogP contribution in [0.4, 0.5) is 5.69 Å². The molecule has 1 saturated heterocycles. The Morgan fingerprint density at radius 2 is 2.15 bits per heavy atom. The van der Waals surface area contributed by atoms with Crippen molar-refractivity contribution in [2.75, 3.05) is 18.4 Å². The molecule has 34 heavy (non-hydrogen) atoms. The Morgan fingerprint density at radius 1 is 1.26 bits per heavy atom. The third kappa shape index (κ3) is 4.01. The van der Waals surface area contributed by atoms with Crippen molar-refractivity contribution in [2.45, 2.75) is 18.8 Å². The van der Waals surface area contributed by atoms with Crippen LogP contribution >= 0.6 is 0 Å². The summed E-state index contributed by atoms with van der Waals surface area (Å²) in [6, 6.07) is 10.8. The van der Waals surface area contributed by atoms with Crippen molar-refractivity contribution in [2.24, 2.45) is 7.05 Å². The molecule has 9 heteroatoms. The van der Waals surface area contributed by atoms with Crippen LogP contribution < -0.4 is 5.32 Å². The van der Waals surface area contributed by atoms with Crippen LogP contribution in [0.5, 0.6) is 0 Å². The van der Waals surface area contributed by atoms with Gasteiger partial charge in [-0.1, -0.05) is 0 Å². The molecule has 1 atom stereocenters. The van der Waals surface area contributed by atoms with Gasteiger partial charge in [-0.2, -0.15) is 10.4 Å². The Labute approximate surface area is 196 Å². The number of nitrogens with one attached hydrogen (secondary N) is 2. The number of hydrogen-bond acceptors (Lipinski definition) is 5. The number of piperidine rings is 1. The maximum Gasteiger partial charge on any atom is 0.274 e. The normalized spacial score (nSPS) is 15.8. The number of aromatic amines is 1. The van der Waals surface area contributed by atoms with Crippen LogP contribution in [-0.2, 0) is 7.05 Å². The van der Waals surface area contributed by atoms with E-state index in [0.717, 1.165) is 35.9 Å². The summed E-state index contributed by atoms with van der Waals surface area (Å²) in [4.78, 5) is 31.5. The number of likely N-dealkylation sites (tertiary alicyclic amines) is 1. The number of hydrogen-bond donors (Lipinski definition) is 2. The van der Waals surface area contributed by atoms with Gasteiger partial charge in [-0.15, -0.1) is 0 Å². The van der Waals surface area contributed by atoms with Gasteiger partial charge >= 0.3 is 0 Å². The van der Waals surface area contributed by atoms with Gasteiger partial charge in [-0.25, -0.2) is 0 Å². The van der Waals surface area contributed by atoms with E-state index < -0.39 is 0 Å². The summed E-state index contributed by atoms with van der Waals surface area (Å²) in [5.41, 5.74) is 3.99. The first-order chi connectivity index (χ1) is 16.5. The van der Waals surface area contributed by atoms with E-state index in [1.165, 1.54) is 12.3 Å². The topological polar surface area (TPSA) is 120 Å². The van der Waals surface area contributed by atoms with Crippen LogP contribution in [0.2, 0.25) is 0 Å². The summed E-state index contributed by atoms with van der Waals surface area (Å²) in [6.45, 7) is 1.35. The van der Waals surface area contributed by atoms with Gasteiger partial charge in [0, 0.05) is 61.2 Å². The molecule has 1 aromatic carbocycles. The Hall–Kier alpha value is -4.45. The monoisotopic (exact) mass is 453 g/mol.